The molecule has 1 aliphatic rings. The lowest BCUT2D eigenvalue weighted by Gasteiger charge is -2.33. The van der Waals surface area contributed by atoms with E-state index in [1.165, 1.54) is 18.0 Å². The second kappa shape index (κ2) is 8.49. The SMILES string of the molecule is CN(CC(=O)Nc1cccc(C(=O)N2CCCCC2C(=O)O)c1)S(C)(=O)=O. The van der Waals surface area contributed by atoms with Crippen LogP contribution in [0.1, 0.15) is 29.6 Å². The molecular formula is C17H23N3O6S. The molecule has 0 spiro atoms. The third kappa shape index (κ3) is 5.51. The molecule has 1 fully saturated rings. The second-order valence-electron chi connectivity index (χ2n) is 6.50. The van der Waals surface area contributed by atoms with Crippen molar-refractivity contribution < 1.29 is 27.9 Å². The number of likely N-dealkylation sites (N-methyl/N-ethyl adjacent to an activating group) is 1. The number of nitrogens with one attached hydrogen (secondary N) is 1. The molecule has 1 aliphatic heterocycles. The first-order chi connectivity index (χ1) is 12.6. The van der Waals surface area contributed by atoms with Crippen LogP contribution in [-0.2, 0) is 19.6 Å². The van der Waals surface area contributed by atoms with E-state index in [1.807, 2.05) is 0 Å². The quantitative estimate of drug-likeness (QED) is 0.724. The highest BCUT2D eigenvalue weighted by Crippen LogP contribution is 2.21. The fourth-order valence-corrected chi connectivity index (χ4v) is 3.20. The normalized spacial score (nSPS) is 17.6. The average Bonchev–Trinajstić information content (AvgIpc) is 2.60. The molecule has 2 amide bonds. The van der Waals surface area contributed by atoms with Gasteiger partial charge in [-0.15, -0.1) is 0 Å². The number of carboxylic acid groups (broad SMARTS) is 1. The first-order valence-electron chi connectivity index (χ1n) is 8.44. The minimum absolute atomic E-state index is 0.261. The Morgan fingerprint density at radius 2 is 2.00 bits per heavy atom. The number of hydrogen-bond donors (Lipinski definition) is 2. The predicted molar refractivity (Wildman–Crippen MR) is 98.9 cm³/mol. The van der Waals surface area contributed by atoms with Crippen LogP contribution in [0.5, 0.6) is 0 Å². The van der Waals surface area contributed by atoms with E-state index < -0.39 is 33.8 Å². The first-order valence-corrected chi connectivity index (χ1v) is 10.3. The van der Waals surface area contributed by atoms with E-state index in [4.69, 9.17) is 0 Å². The maximum absolute atomic E-state index is 12.7. The zero-order chi connectivity index (χ0) is 20.2. The third-order valence-corrected chi connectivity index (χ3v) is 5.64. The van der Waals surface area contributed by atoms with Crippen molar-refractivity contribution in [1.29, 1.82) is 0 Å². The summed E-state index contributed by atoms with van der Waals surface area (Å²) in [6, 6.07) is 5.29. The second-order valence-corrected chi connectivity index (χ2v) is 8.59. The largest absolute Gasteiger partial charge is 0.480 e. The van der Waals surface area contributed by atoms with Gasteiger partial charge in [-0.25, -0.2) is 13.2 Å². The molecule has 2 N–H and O–H groups in total. The maximum atomic E-state index is 12.7. The lowest BCUT2D eigenvalue weighted by atomic mass is 10.0. The number of carbonyl (C=O) groups is 3. The molecule has 0 saturated carbocycles. The molecule has 148 valence electrons. The van der Waals surface area contributed by atoms with Crippen molar-refractivity contribution in [1.82, 2.24) is 9.21 Å². The van der Waals surface area contributed by atoms with Gasteiger partial charge >= 0.3 is 5.97 Å². The van der Waals surface area contributed by atoms with Gasteiger partial charge in [0, 0.05) is 24.8 Å². The van der Waals surface area contributed by atoms with Crippen LogP contribution >= 0.6 is 0 Å². The van der Waals surface area contributed by atoms with Crippen molar-refractivity contribution in [2.75, 3.05) is 31.7 Å². The van der Waals surface area contributed by atoms with Crippen LogP contribution in [0.25, 0.3) is 0 Å². The van der Waals surface area contributed by atoms with Gasteiger partial charge in [-0.1, -0.05) is 6.07 Å². The van der Waals surface area contributed by atoms with Gasteiger partial charge in [0.1, 0.15) is 6.04 Å². The fraction of sp³-hybridized carbons (Fsp3) is 0.471. The highest BCUT2D eigenvalue weighted by Gasteiger charge is 2.32. The molecule has 1 aromatic rings. The fourth-order valence-electron chi connectivity index (χ4n) is 2.85. The van der Waals surface area contributed by atoms with E-state index in [9.17, 15) is 27.9 Å². The van der Waals surface area contributed by atoms with E-state index in [0.717, 1.165) is 23.4 Å². The lowest BCUT2D eigenvalue weighted by Crippen LogP contribution is -2.48. The van der Waals surface area contributed by atoms with Gasteiger partial charge in [-0.05, 0) is 37.5 Å². The van der Waals surface area contributed by atoms with Crippen molar-refractivity contribution in [2.24, 2.45) is 0 Å². The topological polar surface area (TPSA) is 124 Å². The highest BCUT2D eigenvalue weighted by atomic mass is 32.2. The van der Waals surface area contributed by atoms with Crippen molar-refractivity contribution >= 4 is 33.5 Å². The zero-order valence-electron chi connectivity index (χ0n) is 15.2. The Morgan fingerprint density at radius 1 is 1.30 bits per heavy atom. The van der Waals surface area contributed by atoms with Gasteiger partial charge in [-0.2, -0.15) is 4.31 Å². The molecule has 27 heavy (non-hydrogen) atoms. The van der Waals surface area contributed by atoms with Gasteiger partial charge in [0.2, 0.25) is 15.9 Å². The number of carbonyl (C=O) groups excluding carboxylic acids is 2. The third-order valence-electron chi connectivity index (χ3n) is 4.37. The molecular weight excluding hydrogens is 374 g/mol. The molecule has 1 atom stereocenters. The molecule has 1 aromatic carbocycles. The number of likely N-dealkylation sites (tertiary alicyclic amines) is 1. The van der Waals surface area contributed by atoms with E-state index in [2.05, 4.69) is 5.32 Å². The molecule has 1 saturated heterocycles. The molecule has 0 bridgehead atoms. The van der Waals surface area contributed by atoms with Gasteiger partial charge in [-0.3, -0.25) is 9.59 Å². The summed E-state index contributed by atoms with van der Waals surface area (Å²) in [4.78, 5) is 37.5. The van der Waals surface area contributed by atoms with Crippen LogP contribution in [0.4, 0.5) is 5.69 Å². The lowest BCUT2D eigenvalue weighted by molar-refractivity contribution is -0.143. The molecule has 1 heterocycles. The summed E-state index contributed by atoms with van der Waals surface area (Å²) in [6.45, 7) is 0.00968. The minimum atomic E-state index is -3.48. The van der Waals surface area contributed by atoms with Crippen LogP contribution in [0.3, 0.4) is 0 Å². The Hall–Kier alpha value is -2.46. The number of aliphatic carboxylic acids is 1. The summed E-state index contributed by atoms with van der Waals surface area (Å²) in [7, 11) is -2.20. The molecule has 10 heteroatoms. The standard InChI is InChI=1S/C17H23N3O6S/c1-19(27(2,25)26)11-15(21)18-13-7-5-6-12(10-13)16(22)20-9-4-3-8-14(20)17(23)24/h5-7,10,14H,3-4,8-9,11H2,1-2H3,(H,18,21)(H,23,24). The Bertz CT molecular complexity index is 839. The van der Waals surface area contributed by atoms with Crippen molar-refractivity contribution in [3.63, 3.8) is 0 Å². The van der Waals surface area contributed by atoms with Crippen LogP contribution in [0.15, 0.2) is 24.3 Å². The Labute approximate surface area is 158 Å². The number of amides is 2. The number of piperidine rings is 1. The summed E-state index contributed by atoms with van der Waals surface area (Å²) in [5, 5.41) is 11.9. The number of hydrogen-bond acceptors (Lipinski definition) is 5. The monoisotopic (exact) mass is 397 g/mol. The Balaban J connectivity index is 2.11. The first kappa shape index (κ1) is 20.8. The maximum Gasteiger partial charge on any atom is 0.326 e. The number of nitrogens with zero attached hydrogens (tertiary/aromatic N) is 2. The summed E-state index contributed by atoms with van der Waals surface area (Å²) >= 11 is 0. The van der Waals surface area contributed by atoms with Crippen LogP contribution in [-0.4, -0.2) is 72.9 Å². The van der Waals surface area contributed by atoms with Crippen LogP contribution in [0.2, 0.25) is 0 Å². The molecule has 0 aliphatic carbocycles. The Morgan fingerprint density at radius 3 is 2.63 bits per heavy atom. The van der Waals surface area contributed by atoms with E-state index >= 15 is 0 Å². The zero-order valence-corrected chi connectivity index (χ0v) is 16.0. The Kier molecular flexibility index (Phi) is 6.55. The predicted octanol–water partition coefficient (Wildman–Crippen LogP) is 0.596. The molecule has 2 rings (SSSR count). The molecule has 0 aromatic heterocycles. The number of sulfonamides is 1. The smallest absolute Gasteiger partial charge is 0.326 e. The van der Waals surface area contributed by atoms with Crippen molar-refractivity contribution in [2.45, 2.75) is 25.3 Å². The van der Waals surface area contributed by atoms with E-state index in [-0.39, 0.29) is 12.1 Å². The number of rotatable bonds is 6. The number of benzene rings is 1. The van der Waals surface area contributed by atoms with Gasteiger partial charge < -0.3 is 15.3 Å². The van der Waals surface area contributed by atoms with Gasteiger partial charge in [0.05, 0.1) is 12.8 Å². The summed E-state index contributed by atoms with van der Waals surface area (Å²) in [5.74, 6) is -1.99. The summed E-state index contributed by atoms with van der Waals surface area (Å²) in [6.07, 6.45) is 2.90. The summed E-state index contributed by atoms with van der Waals surface area (Å²) < 4.78 is 23.6. The van der Waals surface area contributed by atoms with Crippen molar-refractivity contribution in [3.05, 3.63) is 29.8 Å². The molecule has 1 unspecified atom stereocenters. The number of anilines is 1. The van der Waals surface area contributed by atoms with Gasteiger partial charge in [0.25, 0.3) is 5.91 Å². The molecule has 9 nitrogen and oxygen atoms in total. The van der Waals surface area contributed by atoms with Crippen LogP contribution < -0.4 is 5.32 Å². The highest BCUT2D eigenvalue weighted by molar-refractivity contribution is 7.88. The summed E-state index contributed by atoms with van der Waals surface area (Å²) in [5.41, 5.74) is 0.592. The van der Waals surface area contributed by atoms with Crippen molar-refractivity contribution in [3.8, 4) is 0 Å². The minimum Gasteiger partial charge on any atom is -0.480 e. The van der Waals surface area contributed by atoms with Crippen LogP contribution in [0, 0.1) is 0 Å². The average molecular weight is 397 g/mol. The number of carboxylic acids is 1. The van der Waals surface area contributed by atoms with E-state index in [1.54, 1.807) is 18.2 Å². The molecule has 0 radical (unpaired) electrons. The van der Waals surface area contributed by atoms with Gasteiger partial charge in [0.15, 0.2) is 0 Å². The van der Waals surface area contributed by atoms with E-state index in [0.29, 0.717) is 18.7 Å².